The van der Waals surface area contributed by atoms with Gasteiger partial charge in [-0.1, -0.05) is 57.6 Å². The SMILES string of the molecule is CCC=CCCCCCNS.CN[C@@H](CCCCNC(=O)[C@H](CCCCNC(=O)[C@H](CO)NC(=O)CCC(=O)[C@H](CO)NC(=O)CCCC(=O)N[C@@H](CO)C(=O)CCC(=O)N[C@@H](CO)C(=O)NCCCC[C@H](NC)C(N)=O)CC(=O)COCCOCCNC(=O)COCCOCCNC(=O)CCCCC[C@@H]1SC[C@@H]2NC(=O)N[C@@H]21)C(N)=O. The highest BCUT2D eigenvalue weighted by Crippen LogP contribution is 2.33. The molecule has 0 aromatic heterocycles. The lowest BCUT2D eigenvalue weighted by Crippen LogP contribution is -2.49. The zero-order valence-electron chi connectivity index (χ0n) is 68.5. The molecule has 670 valence electrons. The van der Waals surface area contributed by atoms with Gasteiger partial charge in [-0.25, -0.2) is 4.79 Å². The normalized spacial score (nSPS) is 15.9. The van der Waals surface area contributed by atoms with Crippen LogP contribution in [0.2, 0.25) is 0 Å². The minimum atomic E-state index is -1.45. The number of ketones is 3. The molecule has 2 rings (SSSR count). The van der Waals surface area contributed by atoms with Crippen molar-refractivity contribution in [2.24, 2.45) is 17.4 Å². The van der Waals surface area contributed by atoms with Gasteiger partial charge < -0.3 is 120 Å². The van der Waals surface area contributed by atoms with Crippen LogP contribution in [0.3, 0.4) is 0 Å². The van der Waals surface area contributed by atoms with Crippen LogP contribution in [0.25, 0.3) is 0 Å². The third kappa shape index (κ3) is 53.6. The lowest BCUT2D eigenvalue weighted by atomic mass is 9.95. The highest BCUT2D eigenvalue weighted by Gasteiger charge is 2.42. The summed E-state index contributed by atoms with van der Waals surface area (Å²) < 4.78 is 24.7. The number of unbranched alkanes of at least 4 members (excludes halogenated alkanes) is 8. The number of fused-ring (bicyclic) bond motifs is 1. The molecule has 0 aliphatic carbocycles. The summed E-state index contributed by atoms with van der Waals surface area (Å²) in [4.78, 5) is 187. The van der Waals surface area contributed by atoms with E-state index in [1.165, 1.54) is 25.7 Å². The Morgan fingerprint density at radius 3 is 1.41 bits per heavy atom. The van der Waals surface area contributed by atoms with Gasteiger partial charge in [-0.15, -0.1) is 0 Å². The number of thiol groups is 1. The maximum absolute atomic E-state index is 13.4. The highest BCUT2D eigenvalue weighted by atomic mass is 32.2. The Bertz CT molecular complexity index is 2970. The molecule has 41 heteroatoms. The summed E-state index contributed by atoms with van der Waals surface area (Å²) in [6.07, 6.45) is 15.9. The summed E-state index contributed by atoms with van der Waals surface area (Å²) in [7, 11) is 3.20. The topological polar surface area (TPSA) is 594 Å². The van der Waals surface area contributed by atoms with Gasteiger partial charge in [-0.3, -0.25) is 71.8 Å². The van der Waals surface area contributed by atoms with Crippen LogP contribution in [0.5, 0.6) is 0 Å². The molecule has 0 radical (unpaired) electrons. The van der Waals surface area contributed by atoms with Crippen molar-refractivity contribution in [2.75, 3.05) is 138 Å². The van der Waals surface area contributed by atoms with Crippen LogP contribution in [-0.4, -0.2) is 301 Å². The number of nitrogens with two attached hydrogens (primary N) is 2. The Morgan fingerprint density at radius 1 is 0.462 bits per heavy atom. The summed E-state index contributed by atoms with van der Waals surface area (Å²) in [6, 6.07) is -6.40. The van der Waals surface area contributed by atoms with E-state index in [1.54, 1.807) is 14.1 Å². The molecule has 0 spiro atoms. The Kier molecular flexibility index (Phi) is 63.6. The number of Topliss-reactive ketones (excluding diaryl/α,β-unsaturated/α-hetero) is 3. The van der Waals surface area contributed by atoms with Crippen molar-refractivity contribution in [2.45, 2.75) is 234 Å². The second-order valence-corrected chi connectivity index (χ2v) is 29.8. The van der Waals surface area contributed by atoms with Gasteiger partial charge in [0.25, 0.3) is 0 Å². The molecule has 0 saturated carbocycles. The lowest BCUT2D eigenvalue weighted by molar-refractivity contribution is -0.132. The van der Waals surface area contributed by atoms with E-state index < -0.39 is 159 Å². The first-order valence-corrected chi connectivity index (χ1v) is 42.3. The number of likely N-dealkylation sites (N-methyl/N-ethyl adjacent to an activating group) is 2. The maximum Gasteiger partial charge on any atom is 0.315 e. The number of allylic oxidation sites excluding steroid dienone is 2. The number of urea groups is 1. The van der Waals surface area contributed by atoms with Crippen LogP contribution in [0.4, 0.5) is 4.79 Å². The van der Waals surface area contributed by atoms with Crippen molar-refractivity contribution in [3.05, 3.63) is 12.2 Å². The number of nitrogens with one attached hydrogen (secondary N) is 14. The second kappa shape index (κ2) is 69.3. The van der Waals surface area contributed by atoms with Crippen molar-refractivity contribution in [3.63, 3.8) is 0 Å². The molecule has 39 nitrogen and oxygen atoms in total. The fraction of sp³-hybridized carbons (Fsp3) is 0.776. The summed E-state index contributed by atoms with van der Waals surface area (Å²) in [5, 5.41) is 73.9. The third-order valence-corrected chi connectivity index (χ3v) is 20.4. The smallest absolute Gasteiger partial charge is 0.315 e. The van der Waals surface area contributed by atoms with E-state index in [2.05, 4.69) is 106 Å². The third-order valence-electron chi connectivity index (χ3n) is 18.7. The number of aliphatic hydroxyl groups excluding tert-OH is 4. The monoisotopic (exact) mass is 1700 g/mol. The van der Waals surface area contributed by atoms with E-state index in [-0.39, 0.29) is 140 Å². The molecule has 13 amide bonds. The largest absolute Gasteiger partial charge is 0.394 e. The number of hydrogen-bond acceptors (Lipinski definition) is 28. The molecule has 117 heavy (non-hydrogen) atoms. The van der Waals surface area contributed by atoms with Gasteiger partial charge in [-0.05, 0) is 110 Å². The van der Waals surface area contributed by atoms with Crippen molar-refractivity contribution >= 4 is 113 Å². The van der Waals surface area contributed by atoms with E-state index in [0.717, 1.165) is 44.4 Å². The molecule has 22 N–H and O–H groups in total. The molecule has 2 fully saturated rings. The minimum Gasteiger partial charge on any atom is -0.394 e. The van der Waals surface area contributed by atoms with Crippen molar-refractivity contribution in [3.8, 4) is 0 Å². The van der Waals surface area contributed by atoms with Crippen molar-refractivity contribution in [1.82, 2.24) is 73.8 Å². The zero-order chi connectivity index (χ0) is 86.8. The van der Waals surface area contributed by atoms with Gasteiger partial charge in [0.15, 0.2) is 17.3 Å². The molecule has 2 heterocycles. The Hall–Kier alpha value is -7.55. The first kappa shape index (κ1) is 107. The van der Waals surface area contributed by atoms with Gasteiger partial charge in [-0.2, -0.15) is 11.8 Å². The number of primary amides is 2. The van der Waals surface area contributed by atoms with Gasteiger partial charge in [0.2, 0.25) is 65.0 Å². The number of carbonyl (C=O) groups excluding carboxylic acids is 15. The Labute approximate surface area is 696 Å². The molecular weight excluding hydrogens is 1570 g/mol. The first-order chi connectivity index (χ1) is 56.3. The van der Waals surface area contributed by atoms with Crippen LogP contribution < -0.4 is 85.3 Å². The minimum absolute atomic E-state index is 0.0423. The van der Waals surface area contributed by atoms with Crippen LogP contribution in [0.1, 0.15) is 180 Å². The number of ether oxygens (including phenoxy) is 4. The first-order valence-electron chi connectivity index (χ1n) is 40.8. The fourth-order valence-electron chi connectivity index (χ4n) is 12.0. The average Bonchev–Trinajstić information content (AvgIpc) is 1.67. The number of aliphatic hydroxyl groups is 4. The van der Waals surface area contributed by atoms with E-state index in [1.807, 2.05) is 11.8 Å². The van der Waals surface area contributed by atoms with E-state index in [4.69, 9.17) is 30.4 Å². The lowest BCUT2D eigenvalue weighted by Gasteiger charge is -2.18. The van der Waals surface area contributed by atoms with Crippen LogP contribution in [0.15, 0.2) is 12.2 Å². The van der Waals surface area contributed by atoms with E-state index in [0.29, 0.717) is 76.2 Å². The Morgan fingerprint density at radius 2 is 0.915 bits per heavy atom. The summed E-state index contributed by atoms with van der Waals surface area (Å²) in [6.45, 7) is 1.44. The molecule has 10 atom stereocenters. The molecular formula is C76H136N16O23S2. The Balaban J connectivity index is 0.00000575. The molecule has 0 aromatic rings. The highest BCUT2D eigenvalue weighted by molar-refractivity contribution is 8.00. The second-order valence-electron chi connectivity index (χ2n) is 28.2. The maximum atomic E-state index is 13.4. The predicted octanol–water partition coefficient (Wildman–Crippen LogP) is -3.29. The molecule has 0 unspecified atom stereocenters. The summed E-state index contributed by atoms with van der Waals surface area (Å²) in [5.41, 5.74) is 10.7. The fourth-order valence-corrected chi connectivity index (χ4v) is 13.7. The van der Waals surface area contributed by atoms with Crippen molar-refractivity contribution < 1.29 is 111 Å². The molecule has 0 aromatic carbocycles. The van der Waals surface area contributed by atoms with Gasteiger partial charge in [0.1, 0.15) is 37.4 Å². The zero-order valence-corrected chi connectivity index (χ0v) is 70.2. The number of thioether (sulfide) groups is 1. The molecule has 2 aliphatic rings. The predicted molar refractivity (Wildman–Crippen MR) is 439 cm³/mol. The van der Waals surface area contributed by atoms with Gasteiger partial charge >= 0.3 is 6.03 Å². The summed E-state index contributed by atoms with van der Waals surface area (Å²) in [5.74, 6) is -8.06. The van der Waals surface area contributed by atoms with E-state index >= 15 is 0 Å². The average molecular weight is 1710 g/mol. The van der Waals surface area contributed by atoms with E-state index in [9.17, 15) is 92.3 Å². The van der Waals surface area contributed by atoms with Gasteiger partial charge in [0, 0.05) is 108 Å². The molecule has 2 aliphatic heterocycles. The van der Waals surface area contributed by atoms with Gasteiger partial charge in [0.05, 0.1) is 90.2 Å². The standard InChI is InChI=1S/C67H117N15O23S.C9H19NS/c1-70-45(62(68)96)14-7-10-24-74-64(98)43(35-44(87)40-104-33-31-103-30-28-73-60(95)41-105-34-32-102-29-27-72-55(90)17-5-3-4-16-54-61-51(42-106-54)81-67(101)82-61)13-6-9-25-75-65(99)49(38-85)79-58(93)22-20-52(88)47(36-83)77-56(91)18-12-19-57(92)78-48(37-84)53(89)21-23-59(94)80-50(39-86)66(100)76-26-11-8-15-46(71-2)63(69)97;1-2-3-4-5-6-7-8-9-10-11/h43,45-51,54,61,70-71,83-86H,3-42H2,1-2H3,(H2,68,96)(H2,69,97)(H,72,90)(H,73,95)(H,74,98)(H,75,99)(H,76,100)(H,77,91)(H,78,92)(H,79,93)(H,80,94)(H2,81,82,101);3-4,10-11H,2,5-9H2,1H3/t43-,45+,46+,47+,48+,49+,50+,51+,54+,61+;/m1./s1. The number of amides is 13. The quantitative estimate of drug-likeness (QED) is 0.0123. The number of carbonyl (C=O) groups is 15. The van der Waals surface area contributed by atoms with Crippen LogP contribution >= 0.6 is 24.6 Å². The molecule has 0 bridgehead atoms. The van der Waals surface area contributed by atoms with Crippen LogP contribution in [-0.2, 0) is 86.1 Å². The van der Waals surface area contributed by atoms with Crippen molar-refractivity contribution in [1.29, 1.82) is 0 Å². The molecule has 2 saturated heterocycles. The summed E-state index contributed by atoms with van der Waals surface area (Å²) >= 11 is 5.79. The number of hydrogen-bond donors (Lipinski definition) is 21. The number of rotatable bonds is 73. The van der Waals surface area contributed by atoms with Crippen LogP contribution in [0, 0.1) is 5.92 Å².